The van der Waals surface area contributed by atoms with E-state index in [0.717, 1.165) is 5.92 Å². The molecule has 0 spiro atoms. The molecule has 0 saturated heterocycles. The molecule has 0 aromatic heterocycles. The van der Waals surface area contributed by atoms with Gasteiger partial charge in [-0.15, -0.1) is 0 Å². The van der Waals surface area contributed by atoms with Gasteiger partial charge < -0.3 is 0 Å². The van der Waals surface area contributed by atoms with E-state index in [0.29, 0.717) is 6.04 Å². The quantitative estimate of drug-likeness (QED) is 0.451. The zero-order valence-corrected chi connectivity index (χ0v) is 6.16. The number of rotatable bonds is 0. The summed E-state index contributed by atoms with van der Waals surface area (Å²) in [6.07, 6.45) is 11.8. The van der Waals surface area contributed by atoms with Crippen molar-refractivity contribution >= 4 is 6.21 Å². The van der Waals surface area contributed by atoms with Crippen molar-refractivity contribution < 1.29 is 0 Å². The molecule has 2 aliphatic rings. The summed E-state index contributed by atoms with van der Waals surface area (Å²) in [5, 5.41) is 0. The van der Waals surface area contributed by atoms with Crippen molar-refractivity contribution in [1.82, 2.24) is 0 Å². The normalized spacial score (nSPS) is 37.6. The Morgan fingerprint density at radius 3 is 3.00 bits per heavy atom. The number of hydrogen-bond donors (Lipinski definition) is 0. The van der Waals surface area contributed by atoms with Crippen LogP contribution in [-0.4, -0.2) is 12.3 Å². The van der Waals surface area contributed by atoms with Gasteiger partial charge in [0.15, 0.2) is 0 Å². The third-order valence-corrected chi connectivity index (χ3v) is 2.46. The van der Waals surface area contributed by atoms with Gasteiger partial charge in [-0.25, -0.2) is 0 Å². The molecule has 0 N–H and O–H groups in total. The molecule has 10 heavy (non-hydrogen) atoms. The van der Waals surface area contributed by atoms with Crippen LogP contribution in [0, 0.1) is 5.92 Å². The van der Waals surface area contributed by atoms with Crippen LogP contribution in [0.1, 0.15) is 25.7 Å². The van der Waals surface area contributed by atoms with Crippen molar-refractivity contribution in [3.63, 3.8) is 0 Å². The minimum atomic E-state index is 0.544. The van der Waals surface area contributed by atoms with Crippen LogP contribution in [0.15, 0.2) is 17.1 Å². The lowest BCUT2D eigenvalue weighted by Crippen LogP contribution is -2.22. The van der Waals surface area contributed by atoms with Crippen LogP contribution in [0.5, 0.6) is 0 Å². The molecule has 1 heterocycles. The Labute approximate surface area is 61.9 Å². The minimum Gasteiger partial charge on any atom is -0.290 e. The van der Waals surface area contributed by atoms with Gasteiger partial charge in [0, 0.05) is 0 Å². The maximum absolute atomic E-state index is 4.44. The molecule has 2 rings (SSSR count). The third-order valence-electron chi connectivity index (χ3n) is 2.46. The molecule has 0 fully saturated rings. The zero-order chi connectivity index (χ0) is 6.81. The van der Waals surface area contributed by atoms with Gasteiger partial charge in [-0.2, -0.15) is 0 Å². The molecule has 0 amide bonds. The maximum atomic E-state index is 4.44. The molecule has 1 heteroatoms. The van der Waals surface area contributed by atoms with Crippen LogP contribution in [0.3, 0.4) is 0 Å². The first kappa shape index (κ1) is 6.14. The van der Waals surface area contributed by atoms with E-state index in [1.54, 1.807) is 0 Å². The summed E-state index contributed by atoms with van der Waals surface area (Å²) in [7, 11) is 0. The summed E-state index contributed by atoms with van der Waals surface area (Å²) in [6.45, 7) is 0. The van der Waals surface area contributed by atoms with Crippen molar-refractivity contribution in [1.29, 1.82) is 0 Å². The van der Waals surface area contributed by atoms with Crippen molar-refractivity contribution in [2.24, 2.45) is 10.9 Å². The highest BCUT2D eigenvalue weighted by Crippen LogP contribution is 2.27. The van der Waals surface area contributed by atoms with Crippen LogP contribution in [-0.2, 0) is 0 Å². The van der Waals surface area contributed by atoms with Crippen LogP contribution in [0.25, 0.3) is 0 Å². The number of allylic oxidation sites excluding steroid dienone is 1. The second-order valence-electron chi connectivity index (χ2n) is 3.17. The Kier molecular flexibility index (Phi) is 1.58. The average molecular weight is 135 g/mol. The molecule has 0 aromatic rings. The molecular formula is C9H13N. The van der Waals surface area contributed by atoms with Gasteiger partial charge in [0.1, 0.15) is 0 Å². The Bertz CT molecular complexity index is 152. The number of fused-ring (bicyclic) bond motifs is 1. The van der Waals surface area contributed by atoms with E-state index in [9.17, 15) is 0 Å². The zero-order valence-electron chi connectivity index (χ0n) is 6.16. The molecule has 0 radical (unpaired) electrons. The van der Waals surface area contributed by atoms with Crippen LogP contribution < -0.4 is 0 Å². The lowest BCUT2D eigenvalue weighted by atomic mass is 9.85. The Morgan fingerprint density at radius 2 is 2.10 bits per heavy atom. The van der Waals surface area contributed by atoms with Crippen molar-refractivity contribution in [2.45, 2.75) is 31.7 Å². The molecule has 1 aliphatic heterocycles. The van der Waals surface area contributed by atoms with E-state index in [-0.39, 0.29) is 0 Å². The van der Waals surface area contributed by atoms with Gasteiger partial charge in [0.2, 0.25) is 0 Å². The highest BCUT2D eigenvalue weighted by atomic mass is 14.8. The SMILES string of the molecule is C1=CC2N=CCCC2CC1. The number of aliphatic imine (C=N–C) groups is 1. The lowest BCUT2D eigenvalue weighted by molar-refractivity contribution is 0.395. The van der Waals surface area contributed by atoms with E-state index < -0.39 is 0 Å². The highest BCUT2D eigenvalue weighted by Gasteiger charge is 2.21. The van der Waals surface area contributed by atoms with Crippen LogP contribution in [0.2, 0.25) is 0 Å². The maximum Gasteiger partial charge on any atom is 0.0704 e. The van der Waals surface area contributed by atoms with E-state index in [1.807, 2.05) is 0 Å². The first-order valence-corrected chi connectivity index (χ1v) is 4.15. The van der Waals surface area contributed by atoms with Gasteiger partial charge in [-0.1, -0.05) is 12.2 Å². The molecule has 2 unspecified atom stereocenters. The minimum absolute atomic E-state index is 0.544. The summed E-state index contributed by atoms with van der Waals surface area (Å²) in [5.74, 6) is 0.870. The fraction of sp³-hybridized carbons (Fsp3) is 0.667. The topological polar surface area (TPSA) is 12.4 Å². The molecule has 1 nitrogen and oxygen atoms in total. The average Bonchev–Trinajstić information content (AvgIpc) is 2.05. The second-order valence-corrected chi connectivity index (χ2v) is 3.17. The van der Waals surface area contributed by atoms with Gasteiger partial charge in [-0.3, -0.25) is 4.99 Å². The van der Waals surface area contributed by atoms with E-state index in [2.05, 4.69) is 23.4 Å². The third kappa shape index (κ3) is 1.00. The fourth-order valence-corrected chi connectivity index (χ4v) is 1.85. The van der Waals surface area contributed by atoms with Gasteiger partial charge in [0.05, 0.1) is 6.04 Å². The molecule has 1 aliphatic carbocycles. The molecule has 54 valence electrons. The predicted molar refractivity (Wildman–Crippen MR) is 43.4 cm³/mol. The Morgan fingerprint density at radius 1 is 1.20 bits per heavy atom. The van der Waals surface area contributed by atoms with Crippen LogP contribution >= 0.6 is 0 Å². The van der Waals surface area contributed by atoms with E-state index >= 15 is 0 Å². The second kappa shape index (κ2) is 2.57. The van der Waals surface area contributed by atoms with E-state index in [1.165, 1.54) is 25.7 Å². The Balaban J connectivity index is 2.15. The number of nitrogens with zero attached hydrogens (tertiary/aromatic N) is 1. The van der Waals surface area contributed by atoms with E-state index in [4.69, 9.17) is 0 Å². The largest absolute Gasteiger partial charge is 0.290 e. The highest BCUT2D eigenvalue weighted by molar-refractivity contribution is 5.59. The lowest BCUT2D eigenvalue weighted by Gasteiger charge is -2.26. The first-order chi connectivity index (χ1) is 4.97. The molecule has 0 bridgehead atoms. The summed E-state index contributed by atoms with van der Waals surface area (Å²) in [6, 6.07) is 0.544. The monoisotopic (exact) mass is 135 g/mol. The first-order valence-electron chi connectivity index (χ1n) is 4.15. The van der Waals surface area contributed by atoms with Gasteiger partial charge in [-0.05, 0) is 37.8 Å². The van der Waals surface area contributed by atoms with Crippen LogP contribution in [0.4, 0.5) is 0 Å². The smallest absolute Gasteiger partial charge is 0.0704 e. The van der Waals surface area contributed by atoms with Crippen molar-refractivity contribution in [2.75, 3.05) is 0 Å². The summed E-state index contributed by atoms with van der Waals surface area (Å²) in [4.78, 5) is 4.44. The fourth-order valence-electron chi connectivity index (χ4n) is 1.85. The van der Waals surface area contributed by atoms with Crippen molar-refractivity contribution in [3.05, 3.63) is 12.2 Å². The van der Waals surface area contributed by atoms with Crippen molar-refractivity contribution in [3.8, 4) is 0 Å². The molecule has 2 atom stereocenters. The van der Waals surface area contributed by atoms with Gasteiger partial charge >= 0.3 is 0 Å². The standard InChI is InChI=1S/C9H13N/c1-2-6-9-8(4-1)5-3-7-10-9/h2,6-9H,1,3-5H2. The molecule has 0 aromatic carbocycles. The molecule has 0 saturated carbocycles. The Hall–Kier alpha value is -0.590. The summed E-state index contributed by atoms with van der Waals surface area (Å²) < 4.78 is 0. The summed E-state index contributed by atoms with van der Waals surface area (Å²) in [5.41, 5.74) is 0. The van der Waals surface area contributed by atoms with Gasteiger partial charge in [0.25, 0.3) is 0 Å². The number of hydrogen-bond acceptors (Lipinski definition) is 1. The molecular weight excluding hydrogens is 122 g/mol. The predicted octanol–water partition coefficient (Wildman–Crippen LogP) is 2.19. The summed E-state index contributed by atoms with van der Waals surface area (Å²) >= 11 is 0.